The number of carbonyl (C=O) groups is 1. The van der Waals surface area contributed by atoms with E-state index in [9.17, 15) is 9.90 Å². The Balaban J connectivity index is 2.72. The van der Waals surface area contributed by atoms with Crippen molar-refractivity contribution < 1.29 is 9.90 Å². The SMILES string of the molecule is CCCC(C)(NC1CC(C)(C)CC1C)C(=O)O. The summed E-state index contributed by atoms with van der Waals surface area (Å²) in [7, 11) is 0. The van der Waals surface area contributed by atoms with E-state index in [0.29, 0.717) is 23.8 Å². The summed E-state index contributed by atoms with van der Waals surface area (Å²) >= 11 is 0. The first kappa shape index (κ1) is 14.5. The highest BCUT2D eigenvalue weighted by atomic mass is 16.4. The van der Waals surface area contributed by atoms with Crippen LogP contribution in [0, 0.1) is 11.3 Å². The molecule has 0 heterocycles. The third-order valence-electron chi connectivity index (χ3n) is 4.06. The number of hydrogen-bond donors (Lipinski definition) is 2. The molecule has 0 saturated heterocycles. The Morgan fingerprint density at radius 2 is 2.06 bits per heavy atom. The molecule has 0 aromatic heterocycles. The van der Waals surface area contributed by atoms with E-state index >= 15 is 0 Å². The lowest BCUT2D eigenvalue weighted by atomic mass is 9.90. The van der Waals surface area contributed by atoms with Gasteiger partial charge in [0.05, 0.1) is 0 Å². The summed E-state index contributed by atoms with van der Waals surface area (Å²) in [6, 6.07) is 0.331. The quantitative estimate of drug-likeness (QED) is 0.778. The maximum Gasteiger partial charge on any atom is 0.323 e. The topological polar surface area (TPSA) is 49.3 Å². The lowest BCUT2D eigenvalue weighted by molar-refractivity contribution is -0.145. The monoisotopic (exact) mass is 241 g/mol. The molecule has 1 fully saturated rings. The lowest BCUT2D eigenvalue weighted by Gasteiger charge is -2.32. The van der Waals surface area contributed by atoms with Crippen LogP contribution in [-0.4, -0.2) is 22.7 Å². The molecule has 3 nitrogen and oxygen atoms in total. The molecule has 0 spiro atoms. The Bertz CT molecular complexity index is 288. The van der Waals surface area contributed by atoms with Crippen molar-refractivity contribution in [2.45, 2.75) is 71.9 Å². The van der Waals surface area contributed by atoms with E-state index in [4.69, 9.17) is 0 Å². The van der Waals surface area contributed by atoms with E-state index in [1.54, 1.807) is 0 Å². The maximum absolute atomic E-state index is 11.4. The van der Waals surface area contributed by atoms with Crippen LogP contribution in [-0.2, 0) is 4.79 Å². The molecule has 1 saturated carbocycles. The summed E-state index contributed by atoms with van der Waals surface area (Å²) in [6.07, 6.45) is 3.82. The largest absolute Gasteiger partial charge is 0.480 e. The molecule has 1 aliphatic carbocycles. The van der Waals surface area contributed by atoms with Gasteiger partial charge in [-0.1, -0.05) is 34.1 Å². The summed E-state index contributed by atoms with van der Waals surface area (Å²) in [5.41, 5.74) is -0.434. The Labute approximate surface area is 105 Å². The van der Waals surface area contributed by atoms with Gasteiger partial charge in [-0.15, -0.1) is 0 Å². The molecular weight excluding hydrogens is 214 g/mol. The minimum atomic E-state index is -0.770. The van der Waals surface area contributed by atoms with Crippen molar-refractivity contribution in [3.63, 3.8) is 0 Å². The van der Waals surface area contributed by atoms with Crippen LogP contribution >= 0.6 is 0 Å². The zero-order chi connectivity index (χ0) is 13.3. The number of aliphatic carboxylic acids is 1. The molecule has 0 aromatic carbocycles. The molecule has 1 rings (SSSR count). The molecule has 0 bridgehead atoms. The molecule has 3 unspecified atom stereocenters. The van der Waals surface area contributed by atoms with E-state index in [1.165, 1.54) is 6.42 Å². The summed E-state index contributed by atoms with van der Waals surface area (Å²) in [5, 5.41) is 12.8. The van der Waals surface area contributed by atoms with Gasteiger partial charge >= 0.3 is 5.97 Å². The van der Waals surface area contributed by atoms with Gasteiger partial charge in [-0.2, -0.15) is 0 Å². The molecule has 0 aliphatic heterocycles. The summed E-state index contributed by atoms with van der Waals surface area (Å²) in [5.74, 6) is -0.170. The van der Waals surface area contributed by atoms with E-state index in [0.717, 1.165) is 12.8 Å². The minimum absolute atomic E-state index is 0.331. The van der Waals surface area contributed by atoms with Gasteiger partial charge in [0.25, 0.3) is 0 Å². The smallest absolute Gasteiger partial charge is 0.323 e. The molecule has 100 valence electrons. The van der Waals surface area contributed by atoms with Crippen molar-refractivity contribution >= 4 is 5.97 Å². The fourth-order valence-corrected chi connectivity index (χ4v) is 3.24. The van der Waals surface area contributed by atoms with Crippen LogP contribution in [0.4, 0.5) is 0 Å². The first-order valence-electron chi connectivity index (χ1n) is 6.71. The standard InChI is InChI=1S/C14H27NO2/c1-6-7-14(5,12(16)17)15-11-9-13(3,4)8-10(11)2/h10-11,15H,6-9H2,1-5H3,(H,16,17). The molecule has 2 N–H and O–H groups in total. The highest BCUT2D eigenvalue weighted by Crippen LogP contribution is 2.41. The second-order valence-electron chi connectivity index (χ2n) is 6.69. The molecule has 17 heavy (non-hydrogen) atoms. The average molecular weight is 241 g/mol. The summed E-state index contributed by atoms with van der Waals surface area (Å²) < 4.78 is 0. The second-order valence-corrected chi connectivity index (χ2v) is 6.69. The predicted molar refractivity (Wildman–Crippen MR) is 70.1 cm³/mol. The van der Waals surface area contributed by atoms with Crippen LogP contribution < -0.4 is 5.32 Å². The van der Waals surface area contributed by atoms with Crippen molar-refractivity contribution in [1.82, 2.24) is 5.32 Å². The van der Waals surface area contributed by atoms with Crippen LogP contribution in [0.15, 0.2) is 0 Å². The van der Waals surface area contributed by atoms with Crippen molar-refractivity contribution in [2.24, 2.45) is 11.3 Å². The van der Waals surface area contributed by atoms with Crippen LogP contribution in [0.3, 0.4) is 0 Å². The molecule has 1 aliphatic rings. The zero-order valence-corrected chi connectivity index (χ0v) is 11.8. The van der Waals surface area contributed by atoms with E-state index < -0.39 is 11.5 Å². The Kier molecular flexibility index (Phi) is 4.23. The highest BCUT2D eigenvalue weighted by Gasteiger charge is 2.42. The van der Waals surface area contributed by atoms with Gasteiger partial charge in [-0.3, -0.25) is 10.1 Å². The molecule has 0 aromatic rings. The van der Waals surface area contributed by atoms with Crippen molar-refractivity contribution in [2.75, 3.05) is 0 Å². The first-order chi connectivity index (χ1) is 7.70. The molecule has 3 atom stereocenters. The van der Waals surface area contributed by atoms with Crippen LogP contribution in [0.25, 0.3) is 0 Å². The average Bonchev–Trinajstić information content (AvgIpc) is 2.39. The second kappa shape index (κ2) is 4.97. The molecule has 0 amide bonds. The van der Waals surface area contributed by atoms with Crippen LogP contribution in [0.2, 0.25) is 0 Å². The van der Waals surface area contributed by atoms with Gasteiger partial charge in [0.15, 0.2) is 0 Å². The van der Waals surface area contributed by atoms with Crippen molar-refractivity contribution in [3.8, 4) is 0 Å². The first-order valence-corrected chi connectivity index (χ1v) is 6.71. The van der Waals surface area contributed by atoms with Gasteiger partial charge in [-0.05, 0) is 37.5 Å². The highest BCUT2D eigenvalue weighted by molar-refractivity contribution is 5.78. The van der Waals surface area contributed by atoms with Gasteiger partial charge in [-0.25, -0.2) is 0 Å². The molecule has 0 radical (unpaired) electrons. The number of carboxylic acids is 1. The van der Waals surface area contributed by atoms with E-state index in [-0.39, 0.29) is 0 Å². The van der Waals surface area contributed by atoms with Gasteiger partial charge in [0.2, 0.25) is 0 Å². The Morgan fingerprint density at radius 3 is 2.41 bits per heavy atom. The lowest BCUT2D eigenvalue weighted by Crippen LogP contribution is -2.54. The number of rotatable bonds is 5. The summed E-state index contributed by atoms with van der Waals surface area (Å²) in [4.78, 5) is 11.4. The van der Waals surface area contributed by atoms with Crippen LogP contribution in [0.1, 0.15) is 60.3 Å². The molecule has 3 heteroatoms. The van der Waals surface area contributed by atoms with Gasteiger partial charge < -0.3 is 5.11 Å². The number of hydrogen-bond acceptors (Lipinski definition) is 2. The van der Waals surface area contributed by atoms with E-state index in [2.05, 4.69) is 26.1 Å². The predicted octanol–water partition coefficient (Wildman–Crippen LogP) is 3.04. The zero-order valence-electron chi connectivity index (χ0n) is 11.8. The minimum Gasteiger partial charge on any atom is -0.480 e. The van der Waals surface area contributed by atoms with Crippen molar-refractivity contribution in [1.29, 1.82) is 0 Å². The number of carboxylic acid groups (broad SMARTS) is 1. The molecular formula is C14H27NO2. The van der Waals surface area contributed by atoms with E-state index in [1.807, 2.05) is 13.8 Å². The van der Waals surface area contributed by atoms with Crippen molar-refractivity contribution in [3.05, 3.63) is 0 Å². The third-order valence-corrected chi connectivity index (χ3v) is 4.06. The fourth-order valence-electron chi connectivity index (χ4n) is 3.24. The Morgan fingerprint density at radius 1 is 1.47 bits per heavy atom. The van der Waals surface area contributed by atoms with Crippen LogP contribution in [0.5, 0.6) is 0 Å². The van der Waals surface area contributed by atoms with Gasteiger partial charge in [0.1, 0.15) is 5.54 Å². The Hall–Kier alpha value is -0.570. The normalized spacial score (nSPS) is 31.1. The summed E-state index contributed by atoms with van der Waals surface area (Å²) in [6.45, 7) is 10.6. The fraction of sp³-hybridized carbons (Fsp3) is 0.929. The van der Waals surface area contributed by atoms with Gasteiger partial charge in [0, 0.05) is 6.04 Å². The third kappa shape index (κ3) is 3.44. The maximum atomic E-state index is 11.4. The number of nitrogens with one attached hydrogen (secondary N) is 1.